The number of rotatable bonds is 8. The smallest absolute Gasteiger partial charge is 0.307 e. The Hall–Kier alpha value is -2.20. The van der Waals surface area contributed by atoms with Crippen molar-refractivity contribution in [2.45, 2.75) is 55.2 Å². The lowest BCUT2D eigenvalue weighted by molar-refractivity contribution is -0.136. The summed E-state index contributed by atoms with van der Waals surface area (Å²) in [5.74, 6) is 1.61. The lowest BCUT2D eigenvalue weighted by Gasteiger charge is -2.28. The van der Waals surface area contributed by atoms with Gasteiger partial charge in [0.1, 0.15) is 5.75 Å². The average Bonchev–Trinajstić information content (AvgIpc) is 2.67. The Kier molecular flexibility index (Phi) is 7.43. The van der Waals surface area contributed by atoms with Crippen molar-refractivity contribution in [1.29, 1.82) is 0 Å². The maximum absolute atomic E-state index is 10.8. The highest BCUT2D eigenvalue weighted by Gasteiger charge is 2.21. The zero-order chi connectivity index (χ0) is 20.8. The molecule has 1 aliphatic rings. The number of methoxy groups -OCH3 is 1. The van der Waals surface area contributed by atoms with Crippen LogP contribution in [0.3, 0.4) is 0 Å². The molecule has 154 valence electrons. The van der Waals surface area contributed by atoms with Crippen molar-refractivity contribution in [2.75, 3.05) is 7.11 Å². The summed E-state index contributed by atoms with van der Waals surface area (Å²) in [4.78, 5) is 13.1. The number of aliphatic carboxylic acids is 1. The molecule has 0 spiro atoms. The van der Waals surface area contributed by atoms with Crippen molar-refractivity contribution in [1.82, 2.24) is 0 Å². The predicted molar refractivity (Wildman–Crippen MR) is 119 cm³/mol. The lowest BCUT2D eigenvalue weighted by Crippen LogP contribution is -2.15. The van der Waals surface area contributed by atoms with E-state index in [1.807, 2.05) is 24.3 Å². The Morgan fingerprint density at radius 2 is 1.90 bits per heavy atom. The molecular formula is C25H30O3S. The van der Waals surface area contributed by atoms with Crippen LogP contribution in [0, 0.1) is 11.8 Å². The fraction of sp³-hybridized carbons (Fsp3) is 0.400. The molecule has 1 N–H and O–H groups in total. The average molecular weight is 411 g/mol. The van der Waals surface area contributed by atoms with E-state index in [1.165, 1.54) is 28.9 Å². The van der Waals surface area contributed by atoms with Gasteiger partial charge in [-0.2, -0.15) is 0 Å². The maximum Gasteiger partial charge on any atom is 0.307 e. The minimum atomic E-state index is -0.805. The second kappa shape index (κ2) is 10.0. The fourth-order valence-corrected chi connectivity index (χ4v) is 5.18. The molecule has 3 nitrogen and oxygen atoms in total. The van der Waals surface area contributed by atoms with Crippen molar-refractivity contribution < 1.29 is 14.6 Å². The molecule has 4 heteroatoms. The summed E-state index contributed by atoms with van der Waals surface area (Å²) >= 11 is 1.69. The van der Waals surface area contributed by atoms with Crippen molar-refractivity contribution >= 4 is 17.7 Å². The number of carboxylic acids is 1. The lowest BCUT2D eigenvalue weighted by atomic mass is 9.77. The van der Waals surface area contributed by atoms with Crippen LogP contribution in [0.25, 0.3) is 0 Å². The quantitative estimate of drug-likeness (QED) is 0.512. The molecule has 0 radical (unpaired) electrons. The Morgan fingerprint density at radius 1 is 1.17 bits per heavy atom. The van der Waals surface area contributed by atoms with E-state index in [2.05, 4.69) is 31.7 Å². The minimum absolute atomic E-state index is 0.0594. The van der Waals surface area contributed by atoms with Crippen LogP contribution in [-0.4, -0.2) is 18.2 Å². The second-order valence-corrected chi connectivity index (χ2v) is 9.34. The summed E-state index contributed by atoms with van der Waals surface area (Å²) in [5, 5.41) is 8.90. The summed E-state index contributed by atoms with van der Waals surface area (Å²) in [6.07, 6.45) is 5.86. The molecule has 0 saturated heterocycles. The summed E-state index contributed by atoms with van der Waals surface area (Å²) in [6, 6.07) is 14.1. The van der Waals surface area contributed by atoms with Gasteiger partial charge < -0.3 is 9.84 Å². The van der Waals surface area contributed by atoms with Crippen LogP contribution in [0.4, 0.5) is 0 Å². The van der Waals surface area contributed by atoms with E-state index in [0.717, 1.165) is 41.4 Å². The fourth-order valence-electron chi connectivity index (χ4n) is 4.30. The number of carbonyl (C=O) groups is 1. The Bertz CT molecular complexity index is 857. The molecule has 29 heavy (non-hydrogen) atoms. The standard InChI is InChI=1S/C25H30O3S/c1-17-12-18(2)14-20(13-17)4-7-21-16-23(10-11-24(21)28-3)29-22-8-5-19(6-9-22)15-25(26)27/h5-6,8-11,16,18,20H,1,4,7,12-15H2,2-3H3,(H,26,27). The van der Waals surface area contributed by atoms with Gasteiger partial charge in [-0.05, 0) is 85.4 Å². The number of allylic oxidation sites excluding steroid dienone is 1. The molecule has 1 saturated carbocycles. The van der Waals surface area contributed by atoms with Crippen LogP contribution < -0.4 is 4.74 Å². The Balaban J connectivity index is 1.66. The molecule has 0 aliphatic heterocycles. The van der Waals surface area contributed by atoms with Gasteiger partial charge in [0.2, 0.25) is 0 Å². The van der Waals surface area contributed by atoms with Gasteiger partial charge in [0, 0.05) is 9.79 Å². The van der Waals surface area contributed by atoms with Gasteiger partial charge in [-0.3, -0.25) is 4.79 Å². The number of hydrogen-bond acceptors (Lipinski definition) is 3. The molecule has 2 atom stereocenters. The van der Waals surface area contributed by atoms with Crippen LogP contribution in [0.15, 0.2) is 64.4 Å². The van der Waals surface area contributed by atoms with E-state index in [1.54, 1.807) is 18.9 Å². The molecular weight excluding hydrogens is 380 g/mol. The van der Waals surface area contributed by atoms with Crippen LogP contribution in [-0.2, 0) is 17.6 Å². The molecule has 1 aliphatic carbocycles. The van der Waals surface area contributed by atoms with Gasteiger partial charge >= 0.3 is 5.97 Å². The Labute approximate surface area is 178 Å². The van der Waals surface area contributed by atoms with E-state index in [9.17, 15) is 4.79 Å². The molecule has 2 aromatic carbocycles. The van der Waals surface area contributed by atoms with E-state index >= 15 is 0 Å². The zero-order valence-electron chi connectivity index (χ0n) is 17.3. The summed E-state index contributed by atoms with van der Waals surface area (Å²) in [7, 11) is 1.73. The third-order valence-corrected chi connectivity index (χ3v) is 6.54. The predicted octanol–water partition coefficient (Wildman–Crippen LogP) is 6.40. The first kappa shape index (κ1) is 21.5. The normalized spacial score (nSPS) is 19.2. The van der Waals surface area contributed by atoms with E-state index < -0.39 is 5.97 Å². The summed E-state index contributed by atoms with van der Waals surface area (Å²) in [6.45, 7) is 6.56. The maximum atomic E-state index is 10.8. The van der Waals surface area contributed by atoms with Crippen LogP contribution in [0.5, 0.6) is 5.75 Å². The first-order valence-corrected chi connectivity index (χ1v) is 11.1. The van der Waals surface area contributed by atoms with Gasteiger partial charge in [-0.15, -0.1) is 0 Å². The molecule has 2 aromatic rings. The van der Waals surface area contributed by atoms with Gasteiger partial charge in [0.25, 0.3) is 0 Å². The SMILES string of the molecule is C=C1CC(C)CC(CCc2cc(Sc3ccc(CC(=O)O)cc3)ccc2OC)C1. The Morgan fingerprint density at radius 3 is 2.55 bits per heavy atom. The highest BCUT2D eigenvalue weighted by molar-refractivity contribution is 7.99. The van der Waals surface area contributed by atoms with E-state index in [-0.39, 0.29) is 6.42 Å². The van der Waals surface area contributed by atoms with Crippen LogP contribution in [0.2, 0.25) is 0 Å². The largest absolute Gasteiger partial charge is 0.496 e. The van der Waals surface area contributed by atoms with Gasteiger partial charge in [0.15, 0.2) is 0 Å². The number of benzene rings is 2. The highest BCUT2D eigenvalue weighted by Crippen LogP contribution is 2.36. The number of hydrogen-bond donors (Lipinski definition) is 1. The topological polar surface area (TPSA) is 46.5 Å². The van der Waals surface area contributed by atoms with Crippen LogP contribution >= 0.6 is 11.8 Å². The van der Waals surface area contributed by atoms with Crippen molar-refractivity contribution in [3.05, 3.63) is 65.7 Å². The molecule has 2 unspecified atom stereocenters. The molecule has 0 bridgehead atoms. The number of ether oxygens (including phenoxy) is 1. The van der Waals surface area contributed by atoms with E-state index in [4.69, 9.17) is 9.84 Å². The van der Waals surface area contributed by atoms with E-state index in [0.29, 0.717) is 5.92 Å². The van der Waals surface area contributed by atoms with Crippen molar-refractivity contribution in [2.24, 2.45) is 11.8 Å². The summed E-state index contributed by atoms with van der Waals surface area (Å²) in [5.41, 5.74) is 3.47. The van der Waals surface area contributed by atoms with Crippen molar-refractivity contribution in [3.8, 4) is 5.75 Å². The van der Waals surface area contributed by atoms with Gasteiger partial charge in [-0.25, -0.2) is 0 Å². The third kappa shape index (κ3) is 6.40. The monoisotopic (exact) mass is 410 g/mol. The van der Waals surface area contributed by atoms with Crippen molar-refractivity contribution in [3.63, 3.8) is 0 Å². The molecule has 3 rings (SSSR count). The highest BCUT2D eigenvalue weighted by atomic mass is 32.2. The number of carboxylic acid groups (broad SMARTS) is 1. The zero-order valence-corrected chi connectivity index (χ0v) is 18.1. The van der Waals surface area contributed by atoms with Gasteiger partial charge in [-0.1, -0.05) is 43.0 Å². The summed E-state index contributed by atoms with van der Waals surface area (Å²) < 4.78 is 5.60. The van der Waals surface area contributed by atoms with Crippen LogP contribution in [0.1, 0.15) is 43.7 Å². The minimum Gasteiger partial charge on any atom is -0.496 e. The number of aryl methyl sites for hydroxylation is 1. The molecule has 1 fully saturated rings. The molecule has 0 heterocycles. The molecule has 0 amide bonds. The van der Waals surface area contributed by atoms with Gasteiger partial charge in [0.05, 0.1) is 13.5 Å². The first-order chi connectivity index (χ1) is 13.9. The first-order valence-electron chi connectivity index (χ1n) is 10.2. The molecule has 0 aromatic heterocycles. The second-order valence-electron chi connectivity index (χ2n) is 8.19. The third-order valence-electron chi connectivity index (χ3n) is 5.54.